The Kier molecular flexibility index (Phi) is 5.20. The van der Waals surface area contributed by atoms with Gasteiger partial charge in [-0.2, -0.15) is 0 Å². The van der Waals surface area contributed by atoms with Gasteiger partial charge in [0.1, 0.15) is 0 Å². The summed E-state index contributed by atoms with van der Waals surface area (Å²) in [7, 11) is 0. The lowest BCUT2D eigenvalue weighted by atomic mass is 9.63. The van der Waals surface area contributed by atoms with Crippen molar-refractivity contribution < 1.29 is 19.8 Å². The first-order valence-corrected chi connectivity index (χ1v) is 10.9. The third-order valence-electron chi connectivity index (χ3n) is 6.83. The molecule has 0 unspecified atom stereocenters. The first-order valence-electron chi connectivity index (χ1n) is 10.9. The Morgan fingerprint density at radius 3 is 1.66 bits per heavy atom. The third-order valence-corrected chi connectivity index (χ3v) is 6.83. The van der Waals surface area contributed by atoms with Crippen LogP contribution in [0.15, 0.2) is 60.7 Å². The third kappa shape index (κ3) is 3.93. The molecule has 0 saturated carbocycles. The fourth-order valence-corrected chi connectivity index (χ4v) is 4.66. The smallest absolute Gasteiger partial charge is 0.335 e. The molecule has 0 atom stereocenters. The second-order valence-electron chi connectivity index (χ2n) is 10.0. The molecule has 0 spiro atoms. The Hall–Kier alpha value is -3.40. The van der Waals surface area contributed by atoms with Gasteiger partial charge in [0.2, 0.25) is 0 Å². The molecule has 0 aliphatic heterocycles. The van der Waals surface area contributed by atoms with Crippen molar-refractivity contribution >= 4 is 11.9 Å². The van der Waals surface area contributed by atoms with Crippen LogP contribution in [0.1, 0.15) is 72.4 Å². The summed E-state index contributed by atoms with van der Waals surface area (Å²) in [6, 6.07) is 18.3. The van der Waals surface area contributed by atoms with Gasteiger partial charge in [0, 0.05) is 0 Å². The highest BCUT2D eigenvalue weighted by Gasteiger charge is 2.37. The summed E-state index contributed by atoms with van der Waals surface area (Å²) >= 11 is 0. The predicted octanol–water partition coefficient (Wildman–Crippen LogP) is 6.77. The van der Waals surface area contributed by atoms with E-state index in [1.165, 1.54) is 23.3 Å². The molecule has 0 heterocycles. The predicted molar refractivity (Wildman–Crippen MR) is 127 cm³/mol. The molecule has 4 heteroatoms. The summed E-state index contributed by atoms with van der Waals surface area (Å²) in [5, 5.41) is 18.9. The molecule has 0 radical (unpaired) electrons. The Morgan fingerprint density at radius 1 is 0.594 bits per heavy atom. The van der Waals surface area contributed by atoms with Crippen LogP contribution in [-0.2, 0) is 10.8 Å². The number of rotatable bonds is 4. The number of hydrogen-bond acceptors (Lipinski definition) is 2. The van der Waals surface area contributed by atoms with E-state index < -0.39 is 11.9 Å². The average Bonchev–Trinajstić information content (AvgIpc) is 2.76. The van der Waals surface area contributed by atoms with Gasteiger partial charge in [-0.05, 0) is 87.4 Å². The maximum absolute atomic E-state index is 11.9. The molecule has 0 fully saturated rings. The molecule has 1 aliphatic rings. The van der Waals surface area contributed by atoms with Gasteiger partial charge in [-0.3, -0.25) is 0 Å². The highest BCUT2D eigenvalue weighted by molar-refractivity contribution is 5.93. The molecule has 0 aromatic heterocycles. The first-order chi connectivity index (χ1) is 15.0. The molecule has 2 N–H and O–H groups in total. The van der Waals surface area contributed by atoms with Crippen LogP contribution in [0.4, 0.5) is 0 Å². The summed E-state index contributed by atoms with van der Waals surface area (Å²) in [5.74, 6) is -1.98. The highest BCUT2D eigenvalue weighted by atomic mass is 16.4. The van der Waals surface area contributed by atoms with Crippen LogP contribution < -0.4 is 0 Å². The minimum atomic E-state index is -0.991. The topological polar surface area (TPSA) is 74.6 Å². The lowest BCUT2D eigenvalue weighted by Gasteiger charge is -2.42. The zero-order chi connectivity index (χ0) is 23.3. The Morgan fingerprint density at radius 2 is 1.09 bits per heavy atom. The van der Waals surface area contributed by atoms with Crippen molar-refractivity contribution in [3.63, 3.8) is 0 Å². The monoisotopic (exact) mass is 428 g/mol. The van der Waals surface area contributed by atoms with Crippen molar-refractivity contribution in [2.24, 2.45) is 0 Å². The van der Waals surface area contributed by atoms with Crippen LogP contribution >= 0.6 is 0 Å². The summed E-state index contributed by atoms with van der Waals surface area (Å²) < 4.78 is 0. The van der Waals surface area contributed by atoms with Crippen LogP contribution in [-0.4, -0.2) is 22.2 Å². The molecular weight excluding hydrogens is 400 g/mol. The quantitative estimate of drug-likeness (QED) is 0.481. The second kappa shape index (κ2) is 7.63. The molecule has 3 aromatic carbocycles. The summed E-state index contributed by atoms with van der Waals surface area (Å²) in [4.78, 5) is 23.0. The van der Waals surface area contributed by atoms with E-state index in [-0.39, 0.29) is 22.0 Å². The van der Waals surface area contributed by atoms with E-state index in [1.54, 1.807) is 24.3 Å². The normalized spacial score (nSPS) is 16.2. The SMILES string of the molecule is CC1(C)CCC(C)(C)c2cc(-c3cc(C(=O)O)cc(-c4ccc(C(=O)O)cc4)c3)ccc21. The number of fused-ring (bicyclic) bond motifs is 1. The second-order valence-corrected chi connectivity index (χ2v) is 10.0. The van der Waals surface area contributed by atoms with Crippen LogP contribution in [0.25, 0.3) is 22.3 Å². The molecule has 1 aliphatic carbocycles. The van der Waals surface area contributed by atoms with Gasteiger partial charge in [0.05, 0.1) is 11.1 Å². The summed E-state index contributed by atoms with van der Waals surface area (Å²) in [5.41, 5.74) is 6.60. The fraction of sp³-hybridized carbons (Fsp3) is 0.286. The summed E-state index contributed by atoms with van der Waals surface area (Å²) in [6.45, 7) is 9.11. The number of hydrogen-bond donors (Lipinski definition) is 2. The minimum Gasteiger partial charge on any atom is -0.478 e. The van der Waals surface area contributed by atoms with E-state index in [9.17, 15) is 14.7 Å². The Labute approximate surface area is 188 Å². The van der Waals surface area contributed by atoms with Crippen molar-refractivity contribution in [1.29, 1.82) is 0 Å². The van der Waals surface area contributed by atoms with Gasteiger partial charge in [-0.15, -0.1) is 0 Å². The van der Waals surface area contributed by atoms with E-state index in [0.29, 0.717) is 0 Å². The van der Waals surface area contributed by atoms with E-state index in [2.05, 4.69) is 45.9 Å². The van der Waals surface area contributed by atoms with E-state index in [0.717, 1.165) is 35.1 Å². The molecule has 4 nitrogen and oxygen atoms in total. The highest BCUT2D eigenvalue weighted by Crippen LogP contribution is 2.47. The standard InChI is InChI=1S/C28H28O4/c1-27(2)11-12-28(3,4)24-16-19(9-10-23(24)27)21-13-20(14-22(15-21)26(31)32)17-5-7-18(8-6-17)25(29)30/h5-10,13-16H,11-12H2,1-4H3,(H,29,30)(H,31,32). The zero-order valence-corrected chi connectivity index (χ0v) is 18.9. The lowest BCUT2D eigenvalue weighted by molar-refractivity contribution is 0.0686. The number of carboxylic acid groups (broad SMARTS) is 2. The Bertz CT molecular complexity index is 1220. The molecule has 32 heavy (non-hydrogen) atoms. The lowest BCUT2D eigenvalue weighted by Crippen LogP contribution is -2.33. The van der Waals surface area contributed by atoms with Crippen molar-refractivity contribution in [3.05, 3.63) is 82.9 Å². The summed E-state index contributed by atoms with van der Waals surface area (Å²) in [6.07, 6.45) is 2.24. The van der Waals surface area contributed by atoms with E-state index in [4.69, 9.17) is 5.11 Å². The van der Waals surface area contributed by atoms with Gasteiger partial charge in [0.15, 0.2) is 0 Å². The van der Waals surface area contributed by atoms with Crippen LogP contribution in [0.3, 0.4) is 0 Å². The number of carboxylic acids is 2. The van der Waals surface area contributed by atoms with Crippen LogP contribution in [0, 0.1) is 0 Å². The van der Waals surface area contributed by atoms with Crippen LogP contribution in [0.2, 0.25) is 0 Å². The molecule has 0 saturated heterocycles. The van der Waals surface area contributed by atoms with Crippen molar-refractivity contribution in [2.75, 3.05) is 0 Å². The zero-order valence-electron chi connectivity index (χ0n) is 18.9. The first kappa shape index (κ1) is 21.8. The molecule has 3 aromatic rings. The van der Waals surface area contributed by atoms with Crippen LogP contribution in [0.5, 0.6) is 0 Å². The van der Waals surface area contributed by atoms with Crippen molar-refractivity contribution in [1.82, 2.24) is 0 Å². The fourth-order valence-electron chi connectivity index (χ4n) is 4.66. The Balaban J connectivity index is 1.85. The molecule has 0 amide bonds. The maximum Gasteiger partial charge on any atom is 0.335 e. The van der Waals surface area contributed by atoms with Gasteiger partial charge in [0.25, 0.3) is 0 Å². The van der Waals surface area contributed by atoms with Gasteiger partial charge >= 0.3 is 11.9 Å². The molecule has 0 bridgehead atoms. The van der Waals surface area contributed by atoms with Gasteiger partial charge in [-0.25, -0.2) is 9.59 Å². The minimum absolute atomic E-state index is 0.0563. The van der Waals surface area contributed by atoms with E-state index >= 15 is 0 Å². The average molecular weight is 429 g/mol. The van der Waals surface area contributed by atoms with Crippen molar-refractivity contribution in [3.8, 4) is 22.3 Å². The van der Waals surface area contributed by atoms with E-state index in [1.807, 2.05) is 6.07 Å². The molecule has 164 valence electrons. The number of aromatic carboxylic acids is 2. The van der Waals surface area contributed by atoms with Gasteiger partial charge in [-0.1, -0.05) is 58.0 Å². The molecule has 4 rings (SSSR count). The van der Waals surface area contributed by atoms with Gasteiger partial charge < -0.3 is 10.2 Å². The number of benzene rings is 3. The molecular formula is C28H28O4. The maximum atomic E-state index is 11.9. The van der Waals surface area contributed by atoms with Crippen molar-refractivity contribution in [2.45, 2.75) is 51.4 Å². The largest absolute Gasteiger partial charge is 0.478 e. The number of carbonyl (C=O) groups is 2.